The predicted octanol–water partition coefficient (Wildman–Crippen LogP) is 2.01. The van der Waals surface area contributed by atoms with Crippen molar-refractivity contribution in [3.63, 3.8) is 0 Å². The molecular weight excluding hydrogens is 194 g/mol. The summed E-state index contributed by atoms with van der Waals surface area (Å²) in [5.74, 6) is 0. The molecule has 0 unspecified atom stereocenters. The molecule has 0 aromatic carbocycles. The van der Waals surface area contributed by atoms with Crippen LogP contribution in [0.3, 0.4) is 0 Å². The Hall–Kier alpha value is -0.770. The number of carbonyl (C=O) groups excluding carboxylic acids is 1. The number of ether oxygens (including phenoxy) is 1. The first-order valence-corrected chi connectivity index (χ1v) is 5.40. The average molecular weight is 217 g/mol. The molecule has 1 N–H and O–H groups in total. The molecule has 1 saturated heterocycles. The summed E-state index contributed by atoms with van der Waals surface area (Å²) in [5, 5.41) is 9.38. The molecule has 4 nitrogen and oxygen atoms in total. The molecule has 0 bridgehead atoms. The number of nitrogens with zero attached hydrogens (tertiary/aromatic N) is 1. The fraction of sp³-hybridized carbons (Fsp3) is 0.909. The Morgan fingerprint density at radius 3 is 2.00 bits per heavy atom. The molecule has 0 aliphatic carbocycles. The Bertz CT molecular complexity index is 210. The van der Waals surface area contributed by atoms with Crippen LogP contribution in [0.2, 0.25) is 0 Å². The molecule has 0 aromatic heterocycles. The molecule has 0 aromatic rings. The lowest BCUT2D eigenvalue weighted by atomic mass is 9.98. The SMILES string of the molecule is CC.CC1(O)CN(C(=O)OC(C)(C)C)C1. The molecule has 0 atom stereocenters. The van der Waals surface area contributed by atoms with E-state index in [0.29, 0.717) is 13.1 Å². The molecule has 1 fully saturated rings. The van der Waals surface area contributed by atoms with E-state index < -0.39 is 11.2 Å². The van der Waals surface area contributed by atoms with Gasteiger partial charge in [0.05, 0.1) is 18.7 Å². The number of rotatable bonds is 0. The molecule has 1 rings (SSSR count). The van der Waals surface area contributed by atoms with Crippen molar-refractivity contribution in [3.8, 4) is 0 Å². The highest BCUT2D eigenvalue weighted by Crippen LogP contribution is 2.22. The van der Waals surface area contributed by atoms with Crippen LogP contribution >= 0.6 is 0 Å². The maximum Gasteiger partial charge on any atom is 0.410 e. The van der Waals surface area contributed by atoms with Crippen LogP contribution in [0.25, 0.3) is 0 Å². The van der Waals surface area contributed by atoms with Crippen molar-refractivity contribution in [1.29, 1.82) is 0 Å². The first kappa shape index (κ1) is 14.2. The molecule has 90 valence electrons. The highest BCUT2D eigenvalue weighted by molar-refractivity contribution is 5.69. The highest BCUT2D eigenvalue weighted by Gasteiger charge is 2.41. The lowest BCUT2D eigenvalue weighted by Gasteiger charge is -2.44. The summed E-state index contributed by atoms with van der Waals surface area (Å²) in [6.07, 6.45) is -0.348. The van der Waals surface area contributed by atoms with Gasteiger partial charge in [-0.05, 0) is 27.7 Å². The van der Waals surface area contributed by atoms with Crippen molar-refractivity contribution in [3.05, 3.63) is 0 Å². The Labute approximate surface area is 92.2 Å². The van der Waals surface area contributed by atoms with Gasteiger partial charge in [0.15, 0.2) is 0 Å². The minimum atomic E-state index is -0.725. The van der Waals surface area contributed by atoms with Crippen LogP contribution in [0.1, 0.15) is 41.5 Å². The quantitative estimate of drug-likeness (QED) is 0.675. The number of carbonyl (C=O) groups is 1. The second-order valence-corrected chi connectivity index (χ2v) is 4.83. The summed E-state index contributed by atoms with van der Waals surface area (Å²) in [7, 11) is 0. The van der Waals surface area contributed by atoms with Crippen LogP contribution in [0.15, 0.2) is 0 Å². The molecule has 1 aliphatic rings. The summed E-state index contributed by atoms with van der Waals surface area (Å²) in [4.78, 5) is 12.8. The van der Waals surface area contributed by atoms with E-state index in [1.807, 2.05) is 34.6 Å². The van der Waals surface area contributed by atoms with Crippen molar-refractivity contribution >= 4 is 6.09 Å². The molecule has 1 heterocycles. The van der Waals surface area contributed by atoms with Crippen LogP contribution < -0.4 is 0 Å². The molecule has 0 saturated carbocycles. The Morgan fingerprint density at radius 2 is 1.73 bits per heavy atom. The smallest absolute Gasteiger partial charge is 0.410 e. The number of hydrogen-bond acceptors (Lipinski definition) is 3. The summed E-state index contributed by atoms with van der Waals surface area (Å²) in [6, 6.07) is 0. The van der Waals surface area contributed by atoms with Gasteiger partial charge in [0.2, 0.25) is 0 Å². The fourth-order valence-electron chi connectivity index (χ4n) is 1.23. The number of likely N-dealkylation sites (tertiary alicyclic amines) is 1. The zero-order valence-corrected chi connectivity index (χ0v) is 10.6. The van der Waals surface area contributed by atoms with Crippen molar-refractivity contribution in [2.24, 2.45) is 0 Å². The average Bonchev–Trinajstić information content (AvgIpc) is 2.00. The number of β-amino-alcohol motifs (C(OH)–C–C–N with tert-alkyl or cyclic N) is 1. The lowest BCUT2D eigenvalue weighted by Crippen LogP contribution is -2.62. The third-order valence-electron chi connectivity index (χ3n) is 1.71. The largest absolute Gasteiger partial charge is 0.444 e. The number of hydrogen-bond donors (Lipinski definition) is 1. The molecule has 4 heteroatoms. The standard InChI is InChI=1S/C9H17NO3.C2H6/c1-8(2,3)13-7(11)10-5-9(4,12)6-10;1-2/h12H,5-6H2,1-4H3;1-2H3. The van der Waals surface area contributed by atoms with E-state index in [2.05, 4.69) is 0 Å². The van der Waals surface area contributed by atoms with Gasteiger partial charge in [0.25, 0.3) is 0 Å². The van der Waals surface area contributed by atoms with Gasteiger partial charge >= 0.3 is 6.09 Å². The van der Waals surface area contributed by atoms with Gasteiger partial charge in [-0.15, -0.1) is 0 Å². The van der Waals surface area contributed by atoms with E-state index in [-0.39, 0.29) is 6.09 Å². The van der Waals surface area contributed by atoms with Gasteiger partial charge in [-0.3, -0.25) is 0 Å². The van der Waals surface area contributed by atoms with E-state index in [9.17, 15) is 9.90 Å². The monoisotopic (exact) mass is 217 g/mol. The summed E-state index contributed by atoms with van der Waals surface area (Å²) >= 11 is 0. The maximum atomic E-state index is 11.3. The van der Waals surface area contributed by atoms with E-state index in [1.54, 1.807) is 6.92 Å². The van der Waals surface area contributed by atoms with Crippen LogP contribution in [-0.2, 0) is 4.74 Å². The van der Waals surface area contributed by atoms with Crippen molar-refractivity contribution in [2.45, 2.75) is 52.7 Å². The summed E-state index contributed by atoms with van der Waals surface area (Å²) in [5.41, 5.74) is -1.19. The molecule has 1 aliphatic heterocycles. The molecule has 0 radical (unpaired) electrons. The summed E-state index contributed by atoms with van der Waals surface area (Å²) in [6.45, 7) is 11.9. The van der Waals surface area contributed by atoms with Crippen molar-refractivity contribution in [1.82, 2.24) is 4.90 Å². The van der Waals surface area contributed by atoms with Gasteiger partial charge in [-0.25, -0.2) is 4.79 Å². The number of amides is 1. The topological polar surface area (TPSA) is 49.8 Å². The Balaban J connectivity index is 0.000000921. The van der Waals surface area contributed by atoms with Gasteiger partial charge in [0, 0.05) is 0 Å². The molecule has 1 amide bonds. The third kappa shape index (κ3) is 5.02. The second kappa shape index (κ2) is 4.84. The minimum absolute atomic E-state index is 0.348. The van der Waals surface area contributed by atoms with Crippen molar-refractivity contribution < 1.29 is 14.6 Å². The van der Waals surface area contributed by atoms with E-state index in [0.717, 1.165) is 0 Å². The normalized spacial score (nSPS) is 18.5. The van der Waals surface area contributed by atoms with Crippen LogP contribution in [-0.4, -0.2) is 40.4 Å². The third-order valence-corrected chi connectivity index (χ3v) is 1.71. The fourth-order valence-corrected chi connectivity index (χ4v) is 1.23. The second-order valence-electron chi connectivity index (χ2n) is 4.83. The first-order valence-electron chi connectivity index (χ1n) is 5.40. The van der Waals surface area contributed by atoms with E-state index >= 15 is 0 Å². The van der Waals surface area contributed by atoms with Crippen LogP contribution in [0, 0.1) is 0 Å². The predicted molar refractivity (Wildman–Crippen MR) is 59.8 cm³/mol. The maximum absolute atomic E-state index is 11.3. The molecular formula is C11H23NO3. The zero-order valence-electron chi connectivity index (χ0n) is 10.6. The Kier molecular flexibility index (Phi) is 4.59. The van der Waals surface area contributed by atoms with Crippen LogP contribution in [0.5, 0.6) is 0 Å². The van der Waals surface area contributed by atoms with E-state index in [4.69, 9.17) is 4.74 Å². The summed E-state index contributed by atoms with van der Waals surface area (Å²) < 4.78 is 5.11. The van der Waals surface area contributed by atoms with E-state index in [1.165, 1.54) is 4.90 Å². The van der Waals surface area contributed by atoms with Gasteiger partial charge < -0.3 is 14.7 Å². The van der Waals surface area contributed by atoms with Crippen LogP contribution in [0.4, 0.5) is 4.79 Å². The van der Waals surface area contributed by atoms with Gasteiger partial charge in [-0.2, -0.15) is 0 Å². The van der Waals surface area contributed by atoms with Gasteiger partial charge in [-0.1, -0.05) is 13.8 Å². The molecule has 15 heavy (non-hydrogen) atoms. The van der Waals surface area contributed by atoms with Gasteiger partial charge in [0.1, 0.15) is 5.60 Å². The zero-order chi connectivity index (χ0) is 12.3. The highest BCUT2D eigenvalue weighted by atomic mass is 16.6. The first-order chi connectivity index (χ1) is 6.70. The number of aliphatic hydroxyl groups is 1. The minimum Gasteiger partial charge on any atom is -0.444 e. The lowest BCUT2D eigenvalue weighted by molar-refractivity contribution is -0.0864. The molecule has 0 spiro atoms. The van der Waals surface area contributed by atoms with Crippen molar-refractivity contribution in [2.75, 3.05) is 13.1 Å². The Morgan fingerprint density at radius 1 is 1.33 bits per heavy atom.